The first kappa shape index (κ1) is 20.0. The standard InChI is InChI=1S/C19H24N6O2S/c1-13(17(26)22-19(12-20)10-4-3-5-11-19)28-18-24-23-16(25(18)21)14-6-8-15(27-2)9-7-14/h6-9,13H,3-5,10-11,21H2,1-2H3,(H,22,26)/t13-/m0/s1. The number of nitrogen functional groups attached to an aromatic ring is 1. The third-order valence-electron chi connectivity index (χ3n) is 4.95. The molecule has 3 rings (SSSR count). The van der Waals surface area contributed by atoms with Gasteiger partial charge < -0.3 is 15.9 Å². The summed E-state index contributed by atoms with van der Waals surface area (Å²) < 4.78 is 6.53. The van der Waals surface area contributed by atoms with Crippen molar-refractivity contribution in [1.29, 1.82) is 5.26 Å². The van der Waals surface area contributed by atoms with Crippen molar-refractivity contribution in [3.63, 3.8) is 0 Å². The molecule has 28 heavy (non-hydrogen) atoms. The van der Waals surface area contributed by atoms with Gasteiger partial charge >= 0.3 is 0 Å². The monoisotopic (exact) mass is 400 g/mol. The number of carbonyl (C=O) groups is 1. The molecule has 9 heteroatoms. The molecule has 2 aromatic rings. The Balaban J connectivity index is 1.68. The average Bonchev–Trinajstić information content (AvgIpc) is 3.08. The Morgan fingerprint density at radius 2 is 2.00 bits per heavy atom. The minimum absolute atomic E-state index is 0.192. The van der Waals surface area contributed by atoms with Crippen LogP contribution in [0.4, 0.5) is 0 Å². The molecule has 1 fully saturated rings. The van der Waals surface area contributed by atoms with E-state index in [1.807, 2.05) is 24.3 Å². The van der Waals surface area contributed by atoms with Crippen molar-refractivity contribution in [3.8, 4) is 23.2 Å². The molecular formula is C19H24N6O2S. The average molecular weight is 401 g/mol. The molecule has 1 atom stereocenters. The first-order valence-electron chi connectivity index (χ1n) is 9.23. The normalized spacial score (nSPS) is 16.8. The van der Waals surface area contributed by atoms with Crippen molar-refractivity contribution in [3.05, 3.63) is 24.3 Å². The molecule has 1 heterocycles. The zero-order valence-electron chi connectivity index (χ0n) is 16.0. The maximum absolute atomic E-state index is 12.6. The zero-order chi connectivity index (χ0) is 20.1. The van der Waals surface area contributed by atoms with Gasteiger partial charge in [-0.05, 0) is 44.0 Å². The summed E-state index contributed by atoms with van der Waals surface area (Å²) in [6, 6.07) is 9.63. The quantitative estimate of drug-likeness (QED) is 0.565. The van der Waals surface area contributed by atoms with Crippen molar-refractivity contribution in [2.24, 2.45) is 0 Å². The number of carbonyl (C=O) groups excluding carboxylic acids is 1. The summed E-state index contributed by atoms with van der Waals surface area (Å²) in [5.74, 6) is 7.19. The second-order valence-corrected chi connectivity index (χ2v) is 8.22. The molecular weight excluding hydrogens is 376 g/mol. The Hall–Kier alpha value is -2.73. The topological polar surface area (TPSA) is 119 Å². The number of aromatic nitrogens is 3. The van der Waals surface area contributed by atoms with Crippen LogP contribution in [0, 0.1) is 11.3 Å². The van der Waals surface area contributed by atoms with Crippen LogP contribution in [0.25, 0.3) is 11.4 Å². The van der Waals surface area contributed by atoms with Crippen LogP contribution in [0.1, 0.15) is 39.0 Å². The SMILES string of the molecule is COc1ccc(-c2nnc(S[C@@H](C)C(=O)NC3(C#N)CCCCC3)n2N)cc1. The largest absolute Gasteiger partial charge is 0.497 e. The predicted molar refractivity (Wildman–Crippen MR) is 107 cm³/mol. The minimum atomic E-state index is -0.755. The van der Waals surface area contributed by atoms with Crippen molar-refractivity contribution < 1.29 is 9.53 Å². The lowest BCUT2D eigenvalue weighted by Gasteiger charge is -2.32. The smallest absolute Gasteiger partial charge is 0.234 e. The van der Waals surface area contributed by atoms with E-state index in [0.717, 1.165) is 30.6 Å². The van der Waals surface area contributed by atoms with E-state index in [-0.39, 0.29) is 5.91 Å². The van der Waals surface area contributed by atoms with Crippen LogP contribution in [-0.4, -0.2) is 38.7 Å². The Morgan fingerprint density at radius 1 is 1.32 bits per heavy atom. The second-order valence-electron chi connectivity index (χ2n) is 6.91. The number of nitriles is 1. The molecule has 0 bridgehead atoms. The summed E-state index contributed by atoms with van der Waals surface area (Å²) in [7, 11) is 1.60. The second kappa shape index (κ2) is 8.52. The molecule has 148 valence electrons. The van der Waals surface area contributed by atoms with Crippen molar-refractivity contribution in [2.75, 3.05) is 13.0 Å². The van der Waals surface area contributed by atoms with Gasteiger partial charge in [0.2, 0.25) is 11.1 Å². The summed E-state index contributed by atoms with van der Waals surface area (Å²) in [5.41, 5.74) is 0.0415. The molecule has 1 aromatic heterocycles. The van der Waals surface area contributed by atoms with Crippen LogP contribution >= 0.6 is 11.8 Å². The van der Waals surface area contributed by atoms with Gasteiger partial charge in [-0.25, -0.2) is 4.68 Å². The molecule has 0 aliphatic heterocycles. The van der Waals surface area contributed by atoms with Crippen LogP contribution < -0.4 is 15.9 Å². The Kier molecular flexibility index (Phi) is 6.09. The van der Waals surface area contributed by atoms with Gasteiger partial charge in [-0.15, -0.1) is 10.2 Å². The summed E-state index contributed by atoms with van der Waals surface area (Å²) >= 11 is 1.22. The number of nitrogens with two attached hydrogens (primary N) is 1. The number of hydrogen-bond donors (Lipinski definition) is 2. The van der Waals surface area contributed by atoms with E-state index in [9.17, 15) is 10.1 Å². The number of amides is 1. The van der Waals surface area contributed by atoms with Crippen LogP contribution in [0.5, 0.6) is 5.75 Å². The van der Waals surface area contributed by atoms with Gasteiger partial charge in [-0.3, -0.25) is 4.79 Å². The number of benzene rings is 1. The third kappa shape index (κ3) is 4.22. The number of rotatable bonds is 6. The van der Waals surface area contributed by atoms with Crippen LogP contribution in [0.15, 0.2) is 29.4 Å². The summed E-state index contributed by atoms with van der Waals surface area (Å²) in [6.07, 6.45) is 4.41. The Labute approximate surface area is 168 Å². The fourth-order valence-electron chi connectivity index (χ4n) is 3.26. The molecule has 1 saturated carbocycles. The zero-order valence-corrected chi connectivity index (χ0v) is 16.8. The molecule has 1 amide bonds. The molecule has 0 saturated heterocycles. The van der Waals surface area contributed by atoms with Gasteiger partial charge in [0.1, 0.15) is 11.3 Å². The highest BCUT2D eigenvalue weighted by atomic mass is 32.2. The first-order valence-corrected chi connectivity index (χ1v) is 10.1. The molecule has 3 N–H and O–H groups in total. The van der Waals surface area contributed by atoms with Crippen molar-refractivity contribution in [1.82, 2.24) is 20.2 Å². The van der Waals surface area contributed by atoms with Gasteiger partial charge in [0.05, 0.1) is 18.4 Å². The number of ether oxygens (including phenoxy) is 1. The van der Waals surface area contributed by atoms with E-state index in [2.05, 4.69) is 21.6 Å². The molecule has 1 aromatic carbocycles. The summed E-state index contributed by atoms with van der Waals surface area (Å²) in [4.78, 5) is 12.6. The van der Waals surface area contributed by atoms with Gasteiger partial charge in [0.15, 0.2) is 5.82 Å². The van der Waals surface area contributed by atoms with Gasteiger partial charge in [-0.2, -0.15) is 5.26 Å². The number of nitrogens with zero attached hydrogens (tertiary/aromatic N) is 4. The van der Waals surface area contributed by atoms with E-state index in [1.54, 1.807) is 14.0 Å². The third-order valence-corrected chi connectivity index (χ3v) is 6.00. The maximum atomic E-state index is 12.6. The number of thioether (sulfide) groups is 1. The Morgan fingerprint density at radius 3 is 2.61 bits per heavy atom. The van der Waals surface area contributed by atoms with Gasteiger partial charge in [0, 0.05) is 5.56 Å². The molecule has 0 spiro atoms. The van der Waals surface area contributed by atoms with Crippen LogP contribution in [0.2, 0.25) is 0 Å². The number of methoxy groups -OCH3 is 1. The van der Waals surface area contributed by atoms with Crippen molar-refractivity contribution in [2.45, 2.75) is 55.0 Å². The van der Waals surface area contributed by atoms with E-state index in [4.69, 9.17) is 10.6 Å². The highest BCUT2D eigenvalue weighted by Crippen LogP contribution is 2.30. The van der Waals surface area contributed by atoms with E-state index in [1.165, 1.54) is 16.4 Å². The predicted octanol–water partition coefficient (Wildman–Crippen LogP) is 2.49. The van der Waals surface area contributed by atoms with E-state index < -0.39 is 10.8 Å². The Bertz CT molecular complexity index is 868. The van der Waals surface area contributed by atoms with Crippen molar-refractivity contribution >= 4 is 17.7 Å². The molecule has 1 aliphatic rings. The lowest BCUT2D eigenvalue weighted by atomic mass is 9.83. The summed E-state index contributed by atoms with van der Waals surface area (Å²) in [6.45, 7) is 1.77. The molecule has 0 radical (unpaired) electrons. The number of nitrogens with one attached hydrogen (secondary N) is 1. The highest BCUT2D eigenvalue weighted by molar-refractivity contribution is 8.00. The highest BCUT2D eigenvalue weighted by Gasteiger charge is 2.35. The van der Waals surface area contributed by atoms with Gasteiger partial charge in [-0.1, -0.05) is 31.0 Å². The summed E-state index contributed by atoms with van der Waals surface area (Å²) in [5, 5.41) is 20.7. The van der Waals surface area contributed by atoms with Gasteiger partial charge in [0.25, 0.3) is 0 Å². The molecule has 0 unspecified atom stereocenters. The minimum Gasteiger partial charge on any atom is -0.497 e. The van der Waals surface area contributed by atoms with Crippen LogP contribution in [0.3, 0.4) is 0 Å². The molecule has 8 nitrogen and oxygen atoms in total. The molecule has 1 aliphatic carbocycles. The maximum Gasteiger partial charge on any atom is 0.234 e. The van der Waals surface area contributed by atoms with Crippen LogP contribution in [-0.2, 0) is 4.79 Å². The van der Waals surface area contributed by atoms with E-state index in [0.29, 0.717) is 23.8 Å². The fraction of sp³-hybridized carbons (Fsp3) is 0.474. The first-order chi connectivity index (χ1) is 13.5. The lowest BCUT2D eigenvalue weighted by molar-refractivity contribution is -0.121. The lowest BCUT2D eigenvalue weighted by Crippen LogP contribution is -2.51. The fourth-order valence-corrected chi connectivity index (χ4v) is 4.03. The number of hydrogen-bond acceptors (Lipinski definition) is 7. The van der Waals surface area contributed by atoms with E-state index >= 15 is 0 Å².